The quantitative estimate of drug-likeness (QED) is 0.571. The van der Waals surface area contributed by atoms with Gasteiger partial charge in [-0.3, -0.25) is 9.36 Å². The van der Waals surface area contributed by atoms with Crippen LogP contribution in [0.25, 0.3) is 0 Å². The molecule has 0 aliphatic rings. The van der Waals surface area contributed by atoms with Crippen molar-refractivity contribution in [2.45, 2.75) is 6.42 Å². The second-order valence-electron chi connectivity index (χ2n) is 4.43. The molecule has 0 aliphatic heterocycles. The van der Waals surface area contributed by atoms with Gasteiger partial charge in [-0.15, -0.1) is 0 Å². The highest BCUT2D eigenvalue weighted by molar-refractivity contribution is 5.89. The summed E-state index contributed by atoms with van der Waals surface area (Å²) in [6, 6.07) is 0. The average molecular weight is 292 g/mol. The van der Waals surface area contributed by atoms with Gasteiger partial charge in [-0.2, -0.15) is 10.2 Å². The van der Waals surface area contributed by atoms with Crippen LogP contribution in [0.2, 0.25) is 0 Å². The van der Waals surface area contributed by atoms with E-state index in [2.05, 4.69) is 10.2 Å². The Morgan fingerprint density at radius 1 is 0.952 bits per heavy atom. The number of hydrogen-bond donors (Lipinski definition) is 0. The van der Waals surface area contributed by atoms with Crippen molar-refractivity contribution < 1.29 is 19.1 Å². The van der Waals surface area contributed by atoms with Crippen molar-refractivity contribution >= 4 is 11.9 Å². The third-order valence-corrected chi connectivity index (χ3v) is 2.64. The maximum atomic E-state index is 11.6. The van der Waals surface area contributed by atoms with E-state index in [9.17, 15) is 9.59 Å². The molecule has 2 aromatic rings. The van der Waals surface area contributed by atoms with Crippen LogP contribution >= 0.6 is 0 Å². The third-order valence-electron chi connectivity index (χ3n) is 2.64. The molecule has 21 heavy (non-hydrogen) atoms. The fourth-order valence-electron chi connectivity index (χ4n) is 1.61. The third kappa shape index (κ3) is 4.16. The molecule has 2 heterocycles. The molecule has 8 heteroatoms. The first-order valence-corrected chi connectivity index (χ1v) is 6.38. The smallest absolute Gasteiger partial charge is 0.341 e. The minimum absolute atomic E-state index is 0.175. The van der Waals surface area contributed by atoms with Crippen molar-refractivity contribution in [1.29, 1.82) is 0 Å². The van der Waals surface area contributed by atoms with E-state index >= 15 is 0 Å². The van der Waals surface area contributed by atoms with Gasteiger partial charge in [0.1, 0.15) is 0 Å². The number of ether oxygens (including phenoxy) is 2. The van der Waals surface area contributed by atoms with E-state index in [1.54, 1.807) is 26.5 Å². The first kappa shape index (κ1) is 14.8. The van der Waals surface area contributed by atoms with Crippen molar-refractivity contribution in [3.63, 3.8) is 0 Å². The Kier molecular flexibility index (Phi) is 4.70. The predicted molar refractivity (Wildman–Crippen MR) is 71.6 cm³/mol. The van der Waals surface area contributed by atoms with Crippen molar-refractivity contribution in [3.8, 4) is 0 Å². The summed E-state index contributed by atoms with van der Waals surface area (Å²) < 4.78 is 13.1. The number of aryl methyl sites for hydroxylation is 2. The standard InChI is InChI=1S/C13H16N4O4/c1-16-8-10(6-14-16)12(18)20-4-3-5-21-13(19)11-7-15-17(2)9-11/h6-9H,3-5H2,1-2H3. The summed E-state index contributed by atoms with van der Waals surface area (Å²) in [5.74, 6) is -0.886. The van der Waals surface area contributed by atoms with Crippen LogP contribution in [0.1, 0.15) is 27.1 Å². The van der Waals surface area contributed by atoms with E-state index in [-0.39, 0.29) is 13.2 Å². The molecule has 0 atom stereocenters. The van der Waals surface area contributed by atoms with E-state index in [0.29, 0.717) is 17.5 Å². The zero-order chi connectivity index (χ0) is 15.2. The lowest BCUT2D eigenvalue weighted by molar-refractivity contribution is 0.0396. The first-order chi connectivity index (χ1) is 10.1. The Morgan fingerprint density at radius 2 is 1.38 bits per heavy atom. The van der Waals surface area contributed by atoms with Gasteiger partial charge in [-0.25, -0.2) is 9.59 Å². The van der Waals surface area contributed by atoms with Crippen molar-refractivity contribution in [1.82, 2.24) is 19.6 Å². The van der Waals surface area contributed by atoms with Gasteiger partial charge in [-0.05, 0) is 0 Å². The van der Waals surface area contributed by atoms with Gasteiger partial charge in [0.2, 0.25) is 0 Å². The summed E-state index contributed by atoms with van der Waals surface area (Å²) in [6.45, 7) is 0.349. The molecule has 0 unspecified atom stereocenters. The van der Waals surface area contributed by atoms with Gasteiger partial charge in [0.05, 0.1) is 36.7 Å². The normalized spacial score (nSPS) is 10.4. The predicted octanol–water partition coefficient (Wildman–Crippen LogP) is 0.557. The molecular weight excluding hydrogens is 276 g/mol. The van der Waals surface area contributed by atoms with Gasteiger partial charge in [0.25, 0.3) is 0 Å². The lowest BCUT2D eigenvalue weighted by Gasteiger charge is -2.04. The summed E-state index contributed by atoms with van der Waals surface area (Å²) in [5.41, 5.74) is 0.787. The van der Waals surface area contributed by atoms with Crippen LogP contribution in [-0.4, -0.2) is 44.7 Å². The minimum Gasteiger partial charge on any atom is -0.462 e. The number of aromatic nitrogens is 4. The Morgan fingerprint density at radius 3 is 1.71 bits per heavy atom. The van der Waals surface area contributed by atoms with Gasteiger partial charge >= 0.3 is 11.9 Å². The van der Waals surface area contributed by atoms with E-state index in [0.717, 1.165) is 0 Å². The molecule has 0 amide bonds. The molecule has 2 rings (SSSR count). The molecule has 0 fully saturated rings. The SMILES string of the molecule is Cn1cc(C(=O)OCCCOC(=O)c2cnn(C)c2)cn1. The number of carbonyl (C=O) groups is 2. The molecular formula is C13H16N4O4. The molecule has 0 aromatic carbocycles. The Bertz CT molecular complexity index is 577. The summed E-state index contributed by atoms with van der Waals surface area (Å²) in [5, 5.41) is 7.76. The van der Waals surface area contributed by atoms with E-state index < -0.39 is 11.9 Å². The molecule has 2 aromatic heterocycles. The van der Waals surface area contributed by atoms with E-state index in [1.807, 2.05) is 0 Å². The Balaban J connectivity index is 1.64. The second kappa shape index (κ2) is 6.69. The van der Waals surface area contributed by atoms with Crippen LogP contribution in [0, 0.1) is 0 Å². The summed E-state index contributed by atoms with van der Waals surface area (Å²) in [6.07, 6.45) is 6.45. The van der Waals surface area contributed by atoms with Gasteiger partial charge in [0.15, 0.2) is 0 Å². The van der Waals surface area contributed by atoms with Crippen molar-refractivity contribution in [2.75, 3.05) is 13.2 Å². The molecule has 0 saturated carbocycles. The number of nitrogens with zero attached hydrogens (tertiary/aromatic N) is 4. The molecule has 0 bridgehead atoms. The molecule has 0 saturated heterocycles. The topological polar surface area (TPSA) is 88.2 Å². The van der Waals surface area contributed by atoms with E-state index in [1.165, 1.54) is 21.8 Å². The highest BCUT2D eigenvalue weighted by Gasteiger charge is 2.10. The fraction of sp³-hybridized carbons (Fsp3) is 0.385. The molecule has 0 spiro atoms. The van der Waals surface area contributed by atoms with Crippen LogP contribution in [0.5, 0.6) is 0 Å². The van der Waals surface area contributed by atoms with E-state index in [4.69, 9.17) is 9.47 Å². The highest BCUT2D eigenvalue weighted by Crippen LogP contribution is 2.02. The average Bonchev–Trinajstić information content (AvgIpc) is 3.06. The summed E-state index contributed by atoms with van der Waals surface area (Å²) in [4.78, 5) is 23.2. The molecule has 112 valence electrons. The number of carbonyl (C=O) groups excluding carboxylic acids is 2. The van der Waals surface area contributed by atoms with Crippen LogP contribution in [0.4, 0.5) is 0 Å². The monoisotopic (exact) mass is 292 g/mol. The molecule has 0 N–H and O–H groups in total. The summed E-state index contributed by atoms with van der Waals surface area (Å²) >= 11 is 0. The van der Waals surface area contributed by atoms with Crippen LogP contribution < -0.4 is 0 Å². The largest absolute Gasteiger partial charge is 0.462 e. The Labute approximate surface area is 121 Å². The fourth-order valence-corrected chi connectivity index (χ4v) is 1.61. The lowest BCUT2D eigenvalue weighted by atomic mass is 10.3. The molecule has 0 radical (unpaired) electrons. The van der Waals surface area contributed by atoms with Crippen LogP contribution in [-0.2, 0) is 23.6 Å². The second-order valence-corrected chi connectivity index (χ2v) is 4.43. The maximum absolute atomic E-state index is 11.6. The number of hydrogen-bond acceptors (Lipinski definition) is 6. The minimum atomic E-state index is -0.443. The zero-order valence-corrected chi connectivity index (χ0v) is 11.9. The first-order valence-electron chi connectivity index (χ1n) is 6.38. The number of esters is 2. The Hall–Kier alpha value is -2.64. The van der Waals surface area contributed by atoms with Gasteiger partial charge in [0, 0.05) is 32.9 Å². The van der Waals surface area contributed by atoms with Crippen LogP contribution in [0.3, 0.4) is 0 Å². The van der Waals surface area contributed by atoms with Crippen molar-refractivity contribution in [3.05, 3.63) is 35.9 Å². The lowest BCUT2D eigenvalue weighted by Crippen LogP contribution is -2.10. The molecule has 8 nitrogen and oxygen atoms in total. The van der Waals surface area contributed by atoms with Gasteiger partial charge < -0.3 is 9.47 Å². The maximum Gasteiger partial charge on any atom is 0.341 e. The zero-order valence-electron chi connectivity index (χ0n) is 11.9. The highest BCUT2D eigenvalue weighted by atomic mass is 16.5. The number of rotatable bonds is 6. The molecule has 0 aliphatic carbocycles. The van der Waals surface area contributed by atoms with Gasteiger partial charge in [-0.1, -0.05) is 0 Å². The summed E-state index contributed by atoms with van der Waals surface area (Å²) in [7, 11) is 3.43. The van der Waals surface area contributed by atoms with Crippen LogP contribution in [0.15, 0.2) is 24.8 Å². The van der Waals surface area contributed by atoms with Crippen molar-refractivity contribution in [2.24, 2.45) is 14.1 Å².